The number of fused-ring (bicyclic) bond motifs is 1. The number of carbonyl (C=O) groups is 1. The molecule has 1 aliphatic heterocycles. The Morgan fingerprint density at radius 1 is 1.00 bits per heavy atom. The SMILES string of the molecule is COc1cccc(C2=C(NC3CC3)OC(c3cccc4ccccc34)C2=O)c1. The van der Waals surface area contributed by atoms with Crippen molar-refractivity contribution in [2.75, 3.05) is 7.11 Å². The Hall–Kier alpha value is -3.27. The van der Waals surface area contributed by atoms with E-state index in [0.717, 1.165) is 40.5 Å². The molecule has 1 unspecified atom stereocenters. The van der Waals surface area contributed by atoms with Crippen LogP contribution in [0.4, 0.5) is 0 Å². The van der Waals surface area contributed by atoms with Crippen molar-refractivity contribution >= 4 is 22.1 Å². The molecule has 0 radical (unpaired) electrons. The highest BCUT2D eigenvalue weighted by molar-refractivity contribution is 6.25. The third-order valence-corrected chi connectivity index (χ3v) is 5.32. The smallest absolute Gasteiger partial charge is 0.213 e. The molecule has 3 aromatic carbocycles. The Balaban J connectivity index is 1.59. The number of ketones is 1. The summed E-state index contributed by atoms with van der Waals surface area (Å²) in [5, 5.41) is 5.56. The summed E-state index contributed by atoms with van der Waals surface area (Å²) in [5.41, 5.74) is 2.31. The quantitative estimate of drug-likeness (QED) is 0.711. The Labute approximate surface area is 163 Å². The fourth-order valence-electron chi connectivity index (χ4n) is 3.73. The summed E-state index contributed by atoms with van der Waals surface area (Å²) in [4.78, 5) is 13.5. The summed E-state index contributed by atoms with van der Waals surface area (Å²) < 4.78 is 11.6. The lowest BCUT2D eigenvalue weighted by molar-refractivity contribution is -0.120. The van der Waals surface area contributed by atoms with Crippen molar-refractivity contribution < 1.29 is 14.3 Å². The fraction of sp³-hybridized carbons (Fsp3) is 0.208. The normalized spacial score (nSPS) is 19.0. The van der Waals surface area contributed by atoms with Gasteiger partial charge in [-0.05, 0) is 41.3 Å². The van der Waals surface area contributed by atoms with Crippen molar-refractivity contribution in [3.8, 4) is 5.75 Å². The number of hydrogen-bond acceptors (Lipinski definition) is 4. The van der Waals surface area contributed by atoms with Gasteiger partial charge in [0, 0.05) is 11.6 Å². The fourth-order valence-corrected chi connectivity index (χ4v) is 3.73. The molecule has 3 aromatic rings. The van der Waals surface area contributed by atoms with E-state index in [4.69, 9.17) is 9.47 Å². The summed E-state index contributed by atoms with van der Waals surface area (Å²) in [6.45, 7) is 0. The summed E-state index contributed by atoms with van der Waals surface area (Å²) in [6.07, 6.45) is 1.56. The number of nitrogens with one attached hydrogen (secondary N) is 1. The third-order valence-electron chi connectivity index (χ3n) is 5.32. The molecule has 2 aliphatic rings. The predicted molar refractivity (Wildman–Crippen MR) is 109 cm³/mol. The second kappa shape index (κ2) is 6.71. The maximum Gasteiger partial charge on any atom is 0.213 e. The molecule has 0 aromatic heterocycles. The van der Waals surface area contributed by atoms with E-state index in [-0.39, 0.29) is 5.78 Å². The number of carbonyl (C=O) groups excluding carboxylic acids is 1. The Morgan fingerprint density at radius 3 is 2.61 bits per heavy atom. The van der Waals surface area contributed by atoms with E-state index in [0.29, 0.717) is 17.5 Å². The Morgan fingerprint density at radius 2 is 1.79 bits per heavy atom. The predicted octanol–water partition coefficient (Wildman–Crippen LogP) is 4.61. The number of methoxy groups -OCH3 is 1. The number of benzene rings is 3. The van der Waals surface area contributed by atoms with Crippen LogP contribution in [0.5, 0.6) is 5.75 Å². The minimum absolute atomic E-state index is 0.0206. The first kappa shape index (κ1) is 16.9. The van der Waals surface area contributed by atoms with E-state index in [1.165, 1.54) is 0 Å². The van der Waals surface area contributed by atoms with E-state index >= 15 is 0 Å². The van der Waals surface area contributed by atoms with Gasteiger partial charge in [-0.25, -0.2) is 0 Å². The molecule has 1 aliphatic carbocycles. The maximum atomic E-state index is 13.5. The summed E-state index contributed by atoms with van der Waals surface area (Å²) in [7, 11) is 1.63. The first-order chi connectivity index (χ1) is 13.7. The molecule has 1 saturated carbocycles. The first-order valence-electron chi connectivity index (χ1n) is 9.58. The minimum Gasteiger partial charge on any atom is -0.497 e. The van der Waals surface area contributed by atoms with Crippen LogP contribution in [0, 0.1) is 0 Å². The van der Waals surface area contributed by atoms with E-state index in [9.17, 15) is 4.79 Å². The second-order valence-electron chi connectivity index (χ2n) is 7.29. The lowest BCUT2D eigenvalue weighted by Gasteiger charge is -2.15. The van der Waals surface area contributed by atoms with Crippen LogP contribution in [0.15, 0.2) is 72.6 Å². The number of rotatable bonds is 5. The number of Topliss-reactive ketones (excluding diaryl/α,β-unsaturated/α-hetero) is 1. The number of ether oxygens (including phenoxy) is 2. The zero-order chi connectivity index (χ0) is 19.1. The molecule has 28 heavy (non-hydrogen) atoms. The van der Waals surface area contributed by atoms with Gasteiger partial charge in [-0.15, -0.1) is 0 Å². The molecular formula is C24H21NO3. The van der Waals surface area contributed by atoms with Gasteiger partial charge in [0.1, 0.15) is 5.75 Å². The van der Waals surface area contributed by atoms with Crippen molar-refractivity contribution in [1.82, 2.24) is 5.32 Å². The largest absolute Gasteiger partial charge is 0.497 e. The van der Waals surface area contributed by atoms with E-state index < -0.39 is 6.10 Å². The molecule has 1 fully saturated rings. The zero-order valence-electron chi connectivity index (χ0n) is 15.6. The second-order valence-corrected chi connectivity index (χ2v) is 7.29. The van der Waals surface area contributed by atoms with Gasteiger partial charge < -0.3 is 14.8 Å². The lowest BCUT2D eigenvalue weighted by atomic mass is 9.94. The lowest BCUT2D eigenvalue weighted by Crippen LogP contribution is -2.17. The monoisotopic (exact) mass is 371 g/mol. The van der Waals surface area contributed by atoms with Crippen molar-refractivity contribution in [2.45, 2.75) is 25.0 Å². The summed E-state index contributed by atoms with van der Waals surface area (Å²) >= 11 is 0. The first-order valence-corrected chi connectivity index (χ1v) is 9.58. The van der Waals surface area contributed by atoms with Crippen molar-refractivity contribution in [3.63, 3.8) is 0 Å². The van der Waals surface area contributed by atoms with Gasteiger partial charge in [0.2, 0.25) is 5.78 Å². The van der Waals surface area contributed by atoms with Crippen LogP contribution in [0.3, 0.4) is 0 Å². The molecule has 0 amide bonds. The van der Waals surface area contributed by atoms with Gasteiger partial charge >= 0.3 is 0 Å². The van der Waals surface area contributed by atoms with Gasteiger partial charge in [0.25, 0.3) is 0 Å². The molecule has 1 heterocycles. The molecule has 140 valence electrons. The maximum absolute atomic E-state index is 13.5. The number of hydrogen-bond donors (Lipinski definition) is 1. The van der Waals surface area contributed by atoms with Gasteiger partial charge in [-0.3, -0.25) is 4.79 Å². The van der Waals surface area contributed by atoms with E-state index in [1.807, 2.05) is 54.6 Å². The van der Waals surface area contributed by atoms with E-state index in [2.05, 4.69) is 17.4 Å². The molecule has 4 nitrogen and oxygen atoms in total. The molecule has 0 spiro atoms. The highest BCUT2D eigenvalue weighted by Gasteiger charge is 2.39. The average Bonchev–Trinajstić information content (AvgIpc) is 3.49. The van der Waals surface area contributed by atoms with Crippen LogP contribution in [0.2, 0.25) is 0 Å². The molecule has 4 heteroatoms. The van der Waals surface area contributed by atoms with Crippen LogP contribution < -0.4 is 10.1 Å². The Bertz CT molecular complexity index is 1090. The summed E-state index contributed by atoms with van der Waals surface area (Å²) in [5.74, 6) is 1.28. The van der Waals surface area contributed by atoms with Crippen molar-refractivity contribution in [3.05, 3.63) is 83.7 Å². The van der Waals surface area contributed by atoms with Crippen molar-refractivity contribution in [2.24, 2.45) is 0 Å². The molecule has 1 atom stereocenters. The molecular weight excluding hydrogens is 350 g/mol. The van der Waals surface area contributed by atoms with E-state index in [1.54, 1.807) is 7.11 Å². The summed E-state index contributed by atoms with van der Waals surface area (Å²) in [6, 6.07) is 22.1. The molecule has 1 N–H and O–H groups in total. The van der Waals surface area contributed by atoms with Gasteiger partial charge in [0.05, 0.1) is 12.7 Å². The zero-order valence-corrected chi connectivity index (χ0v) is 15.6. The van der Waals surface area contributed by atoms with Crippen molar-refractivity contribution in [1.29, 1.82) is 0 Å². The van der Waals surface area contributed by atoms with Gasteiger partial charge in [-0.2, -0.15) is 0 Å². The minimum atomic E-state index is -0.645. The van der Waals surface area contributed by atoms with Gasteiger partial charge in [-0.1, -0.05) is 54.6 Å². The highest BCUT2D eigenvalue weighted by Crippen LogP contribution is 2.41. The topological polar surface area (TPSA) is 47.6 Å². The average molecular weight is 371 g/mol. The van der Waals surface area contributed by atoms with Crippen LogP contribution in [0.1, 0.15) is 30.1 Å². The Kier molecular flexibility index (Phi) is 4.05. The van der Waals surface area contributed by atoms with Crippen LogP contribution in [-0.4, -0.2) is 18.9 Å². The third kappa shape index (κ3) is 2.91. The molecule has 5 rings (SSSR count). The van der Waals surface area contributed by atoms with Crippen LogP contribution in [0.25, 0.3) is 16.3 Å². The van der Waals surface area contributed by atoms with Crippen LogP contribution in [-0.2, 0) is 9.53 Å². The molecule has 0 bridgehead atoms. The van der Waals surface area contributed by atoms with Crippen LogP contribution >= 0.6 is 0 Å². The standard InChI is InChI=1S/C24H21NO3/c1-27-18-9-4-8-16(14-18)21-22(26)23(28-24(21)25-17-12-13-17)20-11-5-7-15-6-2-3-10-19(15)20/h2-11,14,17,23,25H,12-13H2,1H3. The molecule has 0 saturated heterocycles. The van der Waals surface area contributed by atoms with Gasteiger partial charge in [0.15, 0.2) is 12.0 Å². The highest BCUT2D eigenvalue weighted by atomic mass is 16.5.